The topological polar surface area (TPSA) is 48.0 Å². The van der Waals surface area contributed by atoms with Crippen molar-refractivity contribution >= 4 is 6.29 Å². The third kappa shape index (κ3) is 1.95. The van der Waals surface area contributed by atoms with Crippen molar-refractivity contribution in [2.75, 3.05) is 0 Å². The van der Waals surface area contributed by atoms with Crippen LogP contribution >= 0.6 is 0 Å². The van der Waals surface area contributed by atoms with E-state index >= 15 is 0 Å². The van der Waals surface area contributed by atoms with Crippen LogP contribution in [0.3, 0.4) is 0 Å². The van der Waals surface area contributed by atoms with Crippen molar-refractivity contribution in [2.45, 2.75) is 0 Å². The molecule has 5 heteroatoms. The van der Waals surface area contributed by atoms with Crippen molar-refractivity contribution in [3.8, 4) is 16.9 Å². The van der Waals surface area contributed by atoms with Crippen LogP contribution in [0.15, 0.2) is 53.5 Å². The van der Waals surface area contributed by atoms with Crippen LogP contribution < -0.4 is 0 Å². The molecular weight excluding hydrogens is 247 g/mol. The highest BCUT2D eigenvalue weighted by atomic mass is 19.1. The molecule has 0 spiro atoms. The molecule has 0 bridgehead atoms. The van der Waals surface area contributed by atoms with Crippen molar-refractivity contribution in [1.29, 1.82) is 0 Å². The van der Waals surface area contributed by atoms with Gasteiger partial charge in [0.2, 0.25) is 0 Å². The van der Waals surface area contributed by atoms with E-state index < -0.39 is 5.82 Å². The van der Waals surface area contributed by atoms with Crippen LogP contribution in [0.5, 0.6) is 0 Å². The Morgan fingerprint density at radius 2 is 2.11 bits per heavy atom. The van der Waals surface area contributed by atoms with E-state index in [1.54, 1.807) is 24.3 Å². The molecule has 0 N–H and O–H groups in total. The number of aldehydes is 1. The van der Waals surface area contributed by atoms with E-state index in [1.807, 2.05) is 0 Å². The second-order valence-corrected chi connectivity index (χ2v) is 3.96. The minimum absolute atomic E-state index is 0.292. The quantitative estimate of drug-likeness (QED) is 0.676. The van der Waals surface area contributed by atoms with E-state index in [-0.39, 0.29) is 0 Å². The fraction of sp³-hybridized carbons (Fsp3) is 0. The van der Waals surface area contributed by atoms with E-state index in [0.717, 1.165) is 0 Å². The molecule has 2 aromatic heterocycles. The number of carbonyl (C=O) groups is 1. The lowest BCUT2D eigenvalue weighted by Crippen LogP contribution is -1.97. The first kappa shape index (κ1) is 11.4. The first-order valence-corrected chi connectivity index (χ1v) is 5.62. The monoisotopic (exact) mass is 256 g/mol. The van der Waals surface area contributed by atoms with Crippen molar-refractivity contribution < 1.29 is 13.6 Å². The molecule has 0 fully saturated rings. The van der Waals surface area contributed by atoms with E-state index in [9.17, 15) is 9.18 Å². The largest absolute Gasteiger partial charge is 0.472 e. The van der Waals surface area contributed by atoms with Gasteiger partial charge in [0.1, 0.15) is 17.2 Å². The number of hydrogen-bond acceptors (Lipinski definition) is 3. The van der Waals surface area contributed by atoms with Gasteiger partial charge in [0.05, 0.1) is 18.1 Å². The van der Waals surface area contributed by atoms with Crippen LogP contribution in [0.4, 0.5) is 4.39 Å². The van der Waals surface area contributed by atoms with Gasteiger partial charge in [-0.05, 0) is 18.2 Å². The molecule has 94 valence electrons. The number of benzene rings is 1. The normalized spacial score (nSPS) is 10.6. The second-order valence-electron chi connectivity index (χ2n) is 3.96. The lowest BCUT2D eigenvalue weighted by atomic mass is 10.2. The van der Waals surface area contributed by atoms with Crippen molar-refractivity contribution in [3.63, 3.8) is 0 Å². The SMILES string of the molecule is O=Cc1cn(-c2ccccc2F)nc1-c1ccoc1. The Bertz CT molecular complexity index is 717. The summed E-state index contributed by atoms with van der Waals surface area (Å²) in [6, 6.07) is 7.93. The van der Waals surface area contributed by atoms with Gasteiger partial charge in [0.25, 0.3) is 0 Å². The van der Waals surface area contributed by atoms with Gasteiger partial charge in [-0.1, -0.05) is 12.1 Å². The van der Waals surface area contributed by atoms with E-state index in [0.29, 0.717) is 28.8 Å². The summed E-state index contributed by atoms with van der Waals surface area (Å²) in [5, 5.41) is 4.24. The van der Waals surface area contributed by atoms with E-state index in [2.05, 4.69) is 5.10 Å². The molecule has 2 heterocycles. The average molecular weight is 256 g/mol. The Morgan fingerprint density at radius 3 is 2.79 bits per heavy atom. The van der Waals surface area contributed by atoms with E-state index in [1.165, 1.54) is 29.5 Å². The third-order valence-corrected chi connectivity index (χ3v) is 2.76. The molecule has 0 saturated heterocycles. The number of para-hydroxylation sites is 1. The maximum atomic E-state index is 13.7. The van der Waals surface area contributed by atoms with Crippen LogP contribution in [-0.2, 0) is 0 Å². The van der Waals surface area contributed by atoms with Crippen molar-refractivity contribution in [2.24, 2.45) is 0 Å². The first-order valence-electron chi connectivity index (χ1n) is 5.62. The Kier molecular flexibility index (Phi) is 2.72. The lowest BCUT2D eigenvalue weighted by molar-refractivity contribution is 0.112. The standard InChI is InChI=1S/C14H9FN2O2/c15-12-3-1-2-4-13(12)17-7-11(8-18)14(16-17)10-5-6-19-9-10/h1-9H. The Labute approximate surface area is 108 Å². The predicted octanol–water partition coefficient (Wildman–Crippen LogP) is 3.08. The number of carbonyl (C=O) groups excluding carboxylic acids is 1. The smallest absolute Gasteiger partial charge is 0.153 e. The second kappa shape index (κ2) is 4.53. The summed E-state index contributed by atoms with van der Waals surface area (Å²) < 4.78 is 20.0. The summed E-state index contributed by atoms with van der Waals surface area (Å²) in [7, 11) is 0. The summed E-state index contributed by atoms with van der Waals surface area (Å²) in [6.07, 6.45) is 5.16. The predicted molar refractivity (Wildman–Crippen MR) is 66.6 cm³/mol. The summed E-state index contributed by atoms with van der Waals surface area (Å²) in [4.78, 5) is 11.1. The molecule has 0 aliphatic heterocycles. The number of rotatable bonds is 3. The fourth-order valence-electron chi connectivity index (χ4n) is 1.86. The van der Waals surface area contributed by atoms with E-state index in [4.69, 9.17) is 4.42 Å². The first-order chi connectivity index (χ1) is 9.29. The van der Waals surface area contributed by atoms with Gasteiger partial charge < -0.3 is 4.42 Å². The van der Waals surface area contributed by atoms with Crippen molar-refractivity contribution in [3.05, 3.63) is 60.4 Å². The molecule has 0 amide bonds. The van der Waals surface area contributed by atoms with Gasteiger partial charge in [-0.15, -0.1) is 0 Å². The fourth-order valence-corrected chi connectivity index (χ4v) is 1.86. The number of furan rings is 1. The van der Waals surface area contributed by atoms with Gasteiger partial charge in [-0.25, -0.2) is 9.07 Å². The number of hydrogen-bond donors (Lipinski definition) is 0. The summed E-state index contributed by atoms with van der Waals surface area (Å²) >= 11 is 0. The molecule has 0 saturated carbocycles. The maximum absolute atomic E-state index is 13.7. The molecule has 1 aromatic carbocycles. The minimum Gasteiger partial charge on any atom is -0.472 e. The molecule has 0 atom stereocenters. The zero-order valence-electron chi connectivity index (χ0n) is 9.79. The highest BCUT2D eigenvalue weighted by molar-refractivity contribution is 5.85. The summed E-state index contributed by atoms with van der Waals surface area (Å²) in [5.41, 5.74) is 1.81. The van der Waals surface area contributed by atoms with Crippen LogP contribution in [0, 0.1) is 5.82 Å². The summed E-state index contributed by atoms with van der Waals surface area (Å²) in [6.45, 7) is 0. The van der Waals surface area contributed by atoms with Gasteiger partial charge in [0, 0.05) is 11.8 Å². The molecule has 4 nitrogen and oxygen atoms in total. The van der Waals surface area contributed by atoms with Gasteiger partial charge in [-0.2, -0.15) is 5.10 Å². The van der Waals surface area contributed by atoms with Crippen molar-refractivity contribution in [1.82, 2.24) is 9.78 Å². The van der Waals surface area contributed by atoms with Gasteiger partial charge >= 0.3 is 0 Å². The molecule has 0 radical (unpaired) electrons. The Morgan fingerprint density at radius 1 is 1.26 bits per heavy atom. The van der Waals surface area contributed by atoms with Gasteiger partial charge in [-0.3, -0.25) is 4.79 Å². The molecule has 19 heavy (non-hydrogen) atoms. The number of nitrogens with zero attached hydrogens (tertiary/aromatic N) is 2. The average Bonchev–Trinajstić information content (AvgIpc) is 3.08. The third-order valence-electron chi connectivity index (χ3n) is 2.76. The molecular formula is C14H9FN2O2. The maximum Gasteiger partial charge on any atom is 0.153 e. The van der Waals surface area contributed by atoms with Crippen LogP contribution in [-0.4, -0.2) is 16.1 Å². The summed E-state index contributed by atoms with van der Waals surface area (Å²) in [5.74, 6) is -0.402. The zero-order valence-corrected chi connectivity index (χ0v) is 9.79. The minimum atomic E-state index is -0.402. The highest BCUT2D eigenvalue weighted by Gasteiger charge is 2.14. The lowest BCUT2D eigenvalue weighted by Gasteiger charge is -2.01. The van der Waals surface area contributed by atoms with Crippen LogP contribution in [0.2, 0.25) is 0 Å². The number of halogens is 1. The molecule has 0 aliphatic rings. The number of aromatic nitrogens is 2. The molecule has 3 aromatic rings. The Balaban J connectivity index is 2.15. The molecule has 0 unspecified atom stereocenters. The molecule has 0 aliphatic carbocycles. The molecule has 3 rings (SSSR count). The highest BCUT2D eigenvalue weighted by Crippen LogP contribution is 2.23. The van der Waals surface area contributed by atoms with Crippen LogP contribution in [0.25, 0.3) is 16.9 Å². The van der Waals surface area contributed by atoms with Gasteiger partial charge in [0.15, 0.2) is 6.29 Å². The van der Waals surface area contributed by atoms with Crippen LogP contribution in [0.1, 0.15) is 10.4 Å². The Hall–Kier alpha value is -2.69. The zero-order chi connectivity index (χ0) is 13.2.